The maximum absolute atomic E-state index is 11.9. The Labute approximate surface area is 135 Å². The van der Waals surface area contributed by atoms with Crippen molar-refractivity contribution in [1.82, 2.24) is 10.3 Å². The minimum Gasteiger partial charge on any atom is -0.372 e. The van der Waals surface area contributed by atoms with Gasteiger partial charge in [0, 0.05) is 18.7 Å². The molecule has 0 saturated carbocycles. The first-order valence-corrected chi connectivity index (χ1v) is 7.71. The molecule has 23 heavy (non-hydrogen) atoms. The molecule has 0 bridgehead atoms. The normalized spacial score (nSPS) is 11.4. The van der Waals surface area contributed by atoms with E-state index in [4.69, 9.17) is 0 Å². The third-order valence-electron chi connectivity index (χ3n) is 2.77. The number of halogens is 3. The number of amides is 1. The summed E-state index contributed by atoms with van der Waals surface area (Å²) in [5.74, 6) is -0.291. The first-order chi connectivity index (χ1) is 11.0. The van der Waals surface area contributed by atoms with Crippen molar-refractivity contribution in [2.75, 3.05) is 19.8 Å². The summed E-state index contributed by atoms with van der Waals surface area (Å²) in [5.41, 5.74) is 0.928. The van der Waals surface area contributed by atoms with Gasteiger partial charge in [-0.1, -0.05) is 30.3 Å². The molecule has 1 N–H and O–H groups in total. The van der Waals surface area contributed by atoms with Crippen LogP contribution < -0.4 is 5.32 Å². The molecule has 1 heterocycles. The number of nitrogens with one attached hydrogen (secondary N) is 1. The maximum Gasteiger partial charge on any atom is 0.411 e. The predicted molar refractivity (Wildman–Crippen MR) is 81.4 cm³/mol. The molecule has 4 nitrogen and oxygen atoms in total. The number of benzene rings is 1. The molecule has 0 atom stereocenters. The molecule has 124 valence electrons. The maximum atomic E-state index is 11.9. The average molecular weight is 344 g/mol. The smallest absolute Gasteiger partial charge is 0.372 e. The summed E-state index contributed by atoms with van der Waals surface area (Å²) in [6.07, 6.45) is -2.52. The molecule has 0 aliphatic rings. The molecule has 8 heteroatoms. The van der Waals surface area contributed by atoms with E-state index in [-0.39, 0.29) is 19.1 Å². The van der Waals surface area contributed by atoms with E-state index in [0.29, 0.717) is 11.3 Å². The second-order valence-electron chi connectivity index (χ2n) is 4.67. The minimum atomic E-state index is -4.32. The van der Waals surface area contributed by atoms with Crippen molar-refractivity contribution in [3.63, 3.8) is 0 Å². The Morgan fingerprint density at radius 1 is 1.26 bits per heavy atom. The summed E-state index contributed by atoms with van der Waals surface area (Å²) in [7, 11) is 0. The molecule has 0 aliphatic carbocycles. The zero-order valence-electron chi connectivity index (χ0n) is 12.1. The fourth-order valence-corrected chi connectivity index (χ4v) is 2.58. The lowest BCUT2D eigenvalue weighted by Gasteiger charge is -2.07. The number of carbonyl (C=O) groups excluding carboxylic acids is 1. The molecule has 0 fully saturated rings. The van der Waals surface area contributed by atoms with Gasteiger partial charge < -0.3 is 10.1 Å². The topological polar surface area (TPSA) is 51.2 Å². The third kappa shape index (κ3) is 5.99. The molecule has 0 radical (unpaired) electrons. The van der Waals surface area contributed by atoms with Crippen LogP contribution in [0.15, 0.2) is 36.5 Å². The average Bonchev–Trinajstić information content (AvgIpc) is 3.00. The van der Waals surface area contributed by atoms with Gasteiger partial charge in [-0.3, -0.25) is 4.79 Å². The van der Waals surface area contributed by atoms with Crippen LogP contribution in [0.2, 0.25) is 0 Å². The van der Waals surface area contributed by atoms with Crippen molar-refractivity contribution in [1.29, 1.82) is 0 Å². The highest BCUT2D eigenvalue weighted by atomic mass is 32.1. The molecular formula is C15H15F3N2O2S. The second-order valence-corrected chi connectivity index (χ2v) is 5.70. The van der Waals surface area contributed by atoms with Gasteiger partial charge in [0.2, 0.25) is 0 Å². The van der Waals surface area contributed by atoms with E-state index in [1.807, 2.05) is 30.3 Å². The Kier molecular flexibility index (Phi) is 6.12. The molecule has 2 rings (SSSR count). The van der Waals surface area contributed by atoms with Gasteiger partial charge in [-0.2, -0.15) is 13.2 Å². The number of carbonyl (C=O) groups is 1. The van der Waals surface area contributed by atoms with Crippen LogP contribution in [0, 0.1) is 0 Å². The van der Waals surface area contributed by atoms with Gasteiger partial charge in [0.25, 0.3) is 5.91 Å². The summed E-state index contributed by atoms with van der Waals surface area (Å²) in [4.78, 5) is 16.6. The fourth-order valence-electron chi connectivity index (χ4n) is 1.74. The molecule has 0 spiro atoms. The number of aromatic nitrogens is 1. The summed E-state index contributed by atoms with van der Waals surface area (Å²) in [6, 6.07) is 9.47. The Morgan fingerprint density at radius 2 is 2.00 bits per heavy atom. The summed E-state index contributed by atoms with van der Waals surface area (Å²) in [6.45, 7) is -1.08. The Balaban J connectivity index is 1.73. The number of nitrogens with zero attached hydrogens (tertiary/aromatic N) is 1. The molecule has 0 unspecified atom stereocenters. The van der Waals surface area contributed by atoms with Crippen molar-refractivity contribution in [2.24, 2.45) is 0 Å². The number of thiazole rings is 1. The van der Waals surface area contributed by atoms with Gasteiger partial charge >= 0.3 is 6.18 Å². The lowest BCUT2D eigenvalue weighted by atomic mass is 10.2. The summed E-state index contributed by atoms with van der Waals surface area (Å²) >= 11 is 1.26. The lowest BCUT2D eigenvalue weighted by Crippen LogP contribution is -2.25. The largest absolute Gasteiger partial charge is 0.411 e. The van der Waals surface area contributed by atoms with E-state index < -0.39 is 12.8 Å². The summed E-state index contributed by atoms with van der Waals surface area (Å²) < 4.78 is 40.0. The zero-order chi connectivity index (χ0) is 16.7. The second kappa shape index (κ2) is 8.07. The van der Waals surface area contributed by atoms with Crippen molar-refractivity contribution in [3.8, 4) is 10.6 Å². The predicted octanol–water partition coefficient (Wildman–Crippen LogP) is 3.51. The van der Waals surface area contributed by atoms with Crippen LogP contribution in [-0.2, 0) is 4.74 Å². The van der Waals surface area contributed by atoms with Gasteiger partial charge in [0.05, 0.1) is 6.20 Å². The molecule has 1 aromatic heterocycles. The number of hydrogen-bond acceptors (Lipinski definition) is 4. The van der Waals surface area contributed by atoms with Crippen LogP contribution in [0.3, 0.4) is 0 Å². The van der Waals surface area contributed by atoms with Crippen LogP contribution in [0.25, 0.3) is 10.6 Å². The first kappa shape index (κ1) is 17.4. The summed E-state index contributed by atoms with van der Waals surface area (Å²) in [5, 5.41) is 3.37. The number of alkyl halides is 3. The van der Waals surface area contributed by atoms with E-state index >= 15 is 0 Å². The van der Waals surface area contributed by atoms with Crippen molar-refractivity contribution >= 4 is 17.2 Å². The quantitative estimate of drug-likeness (QED) is 0.782. The Hall–Kier alpha value is -1.93. The molecule has 2 aromatic rings. The van der Waals surface area contributed by atoms with Gasteiger partial charge in [0.1, 0.15) is 16.5 Å². The van der Waals surface area contributed by atoms with Crippen molar-refractivity contribution in [3.05, 3.63) is 41.4 Å². The molecule has 0 saturated heterocycles. The van der Waals surface area contributed by atoms with Crippen LogP contribution in [0.1, 0.15) is 16.1 Å². The zero-order valence-corrected chi connectivity index (χ0v) is 12.9. The number of ether oxygens (including phenoxy) is 1. The van der Waals surface area contributed by atoms with E-state index in [1.165, 1.54) is 17.5 Å². The van der Waals surface area contributed by atoms with Crippen LogP contribution in [0.4, 0.5) is 13.2 Å². The highest BCUT2D eigenvalue weighted by Crippen LogP contribution is 2.24. The molecule has 1 aromatic carbocycles. The number of hydrogen-bond donors (Lipinski definition) is 1. The van der Waals surface area contributed by atoms with E-state index in [0.717, 1.165) is 10.6 Å². The SMILES string of the molecule is O=C(NCCCOCC(F)(F)F)c1cnc(-c2ccccc2)s1. The number of rotatable bonds is 7. The van der Waals surface area contributed by atoms with Gasteiger partial charge in [0.15, 0.2) is 0 Å². The van der Waals surface area contributed by atoms with E-state index in [1.54, 1.807) is 0 Å². The monoisotopic (exact) mass is 344 g/mol. The highest BCUT2D eigenvalue weighted by molar-refractivity contribution is 7.16. The van der Waals surface area contributed by atoms with Crippen LogP contribution in [0.5, 0.6) is 0 Å². The lowest BCUT2D eigenvalue weighted by molar-refractivity contribution is -0.173. The third-order valence-corrected chi connectivity index (χ3v) is 3.81. The van der Waals surface area contributed by atoms with Gasteiger partial charge in [-0.05, 0) is 6.42 Å². The van der Waals surface area contributed by atoms with E-state index in [2.05, 4.69) is 15.0 Å². The Morgan fingerprint density at radius 3 is 2.70 bits per heavy atom. The minimum absolute atomic E-state index is 0.0578. The standard InChI is InChI=1S/C15H15F3N2O2S/c16-15(17,18)10-22-8-4-7-19-13(21)12-9-20-14(23-12)11-5-2-1-3-6-11/h1-3,5-6,9H,4,7-8,10H2,(H,19,21). The van der Waals surface area contributed by atoms with Gasteiger partial charge in [-0.25, -0.2) is 4.98 Å². The van der Waals surface area contributed by atoms with Crippen LogP contribution >= 0.6 is 11.3 Å². The molecule has 1 amide bonds. The van der Waals surface area contributed by atoms with E-state index in [9.17, 15) is 18.0 Å². The highest BCUT2D eigenvalue weighted by Gasteiger charge is 2.27. The fraction of sp³-hybridized carbons (Fsp3) is 0.333. The van der Waals surface area contributed by atoms with Gasteiger partial charge in [-0.15, -0.1) is 11.3 Å². The molecule has 0 aliphatic heterocycles. The molecular weight excluding hydrogens is 329 g/mol. The van der Waals surface area contributed by atoms with Crippen molar-refractivity contribution in [2.45, 2.75) is 12.6 Å². The van der Waals surface area contributed by atoms with Crippen LogP contribution in [-0.4, -0.2) is 36.8 Å². The Bertz CT molecular complexity index is 629. The van der Waals surface area contributed by atoms with Crippen molar-refractivity contribution < 1.29 is 22.7 Å². The first-order valence-electron chi connectivity index (χ1n) is 6.89.